The van der Waals surface area contributed by atoms with Gasteiger partial charge in [-0.15, -0.1) is 0 Å². The van der Waals surface area contributed by atoms with Crippen LogP contribution in [-0.4, -0.2) is 34.8 Å². The predicted octanol–water partition coefficient (Wildman–Crippen LogP) is 5.28. The first-order chi connectivity index (χ1) is 14.1. The minimum atomic E-state index is 0.0450. The lowest BCUT2D eigenvalue weighted by Crippen LogP contribution is -2.35. The summed E-state index contributed by atoms with van der Waals surface area (Å²) in [7, 11) is 1.71. The minimum Gasteiger partial charge on any atom is -0.383 e. The Hall–Kier alpha value is -2.27. The average Bonchev–Trinajstić information content (AvgIpc) is 3.10. The summed E-state index contributed by atoms with van der Waals surface area (Å²) in [4.78, 5) is 13.3. The third-order valence-corrected chi connectivity index (χ3v) is 6.21. The summed E-state index contributed by atoms with van der Waals surface area (Å²) in [5.74, 6) is 0.0450. The largest absolute Gasteiger partial charge is 0.383 e. The maximum Gasteiger partial charge on any atom is 0.268 e. The average molecular weight is 396 g/mol. The maximum atomic E-state index is 13.3. The van der Waals surface area contributed by atoms with E-state index < -0.39 is 0 Å². The van der Waals surface area contributed by atoms with Crippen molar-refractivity contribution in [3.63, 3.8) is 0 Å². The van der Waals surface area contributed by atoms with E-state index in [0.717, 1.165) is 29.6 Å². The zero-order valence-corrected chi connectivity index (χ0v) is 17.9. The van der Waals surface area contributed by atoms with Crippen LogP contribution in [0.5, 0.6) is 0 Å². The molecule has 1 N–H and O–H groups in total. The molecule has 1 aromatic carbocycles. The van der Waals surface area contributed by atoms with Gasteiger partial charge in [-0.25, -0.2) is 0 Å². The van der Waals surface area contributed by atoms with Crippen LogP contribution >= 0.6 is 0 Å². The molecule has 0 radical (unpaired) electrons. The molecule has 0 unspecified atom stereocenters. The Morgan fingerprint density at radius 2 is 1.86 bits per heavy atom. The molecule has 5 heteroatoms. The highest BCUT2D eigenvalue weighted by Crippen LogP contribution is 2.34. The van der Waals surface area contributed by atoms with E-state index >= 15 is 0 Å². The number of fused-ring (bicyclic) bond motifs is 3. The van der Waals surface area contributed by atoms with E-state index in [-0.39, 0.29) is 5.91 Å². The second-order valence-electron chi connectivity index (χ2n) is 8.55. The van der Waals surface area contributed by atoms with Crippen molar-refractivity contribution in [3.8, 4) is 0 Å². The molecule has 1 fully saturated rings. The molecule has 0 bridgehead atoms. The number of hydrogen-bond acceptors (Lipinski definition) is 2. The number of amides is 1. The quantitative estimate of drug-likeness (QED) is 0.578. The fourth-order valence-corrected chi connectivity index (χ4v) is 4.86. The van der Waals surface area contributed by atoms with E-state index in [9.17, 15) is 4.79 Å². The van der Waals surface area contributed by atoms with Crippen molar-refractivity contribution in [1.82, 2.24) is 14.5 Å². The Morgan fingerprint density at radius 3 is 2.55 bits per heavy atom. The second kappa shape index (κ2) is 8.62. The first-order valence-electron chi connectivity index (χ1n) is 11.0. The van der Waals surface area contributed by atoms with Gasteiger partial charge in [-0.2, -0.15) is 0 Å². The molecule has 0 atom stereocenters. The van der Waals surface area contributed by atoms with Crippen LogP contribution < -0.4 is 5.32 Å². The van der Waals surface area contributed by atoms with Crippen molar-refractivity contribution in [3.05, 3.63) is 36.0 Å². The number of nitrogens with zero attached hydrogens (tertiary/aromatic N) is 2. The Bertz CT molecular complexity index is 991. The van der Waals surface area contributed by atoms with Crippen molar-refractivity contribution < 1.29 is 9.53 Å². The smallest absolute Gasteiger partial charge is 0.268 e. The molecule has 4 rings (SSSR count). The number of nitrogens with one attached hydrogen (secondary N) is 1. The van der Waals surface area contributed by atoms with E-state index in [1.807, 2.05) is 0 Å². The van der Waals surface area contributed by atoms with Gasteiger partial charge in [0.25, 0.3) is 5.91 Å². The van der Waals surface area contributed by atoms with Crippen LogP contribution in [-0.2, 0) is 11.3 Å². The molecular formula is C24H33N3O2. The lowest BCUT2D eigenvalue weighted by atomic mass is 10.1. The molecule has 2 heterocycles. The number of para-hydroxylation sites is 1. The van der Waals surface area contributed by atoms with E-state index in [2.05, 4.69) is 58.6 Å². The van der Waals surface area contributed by atoms with Crippen molar-refractivity contribution in [1.29, 1.82) is 0 Å². The number of aromatic nitrogens is 2. The molecule has 1 amide bonds. The highest BCUT2D eigenvalue weighted by Gasteiger charge is 2.24. The number of carbonyl (C=O) groups excluding carboxylic acids is 1. The van der Waals surface area contributed by atoms with Crippen LogP contribution in [0.2, 0.25) is 0 Å². The van der Waals surface area contributed by atoms with Gasteiger partial charge in [0.2, 0.25) is 0 Å². The molecule has 1 aliphatic rings. The molecule has 156 valence electrons. The minimum absolute atomic E-state index is 0.0450. The molecule has 0 saturated heterocycles. The standard InChI is InChI=1S/C24H33N3O2/c1-17(2)27-20-13-9-8-12-19(20)23-21(27)16-22(26(23)14-15-29-3)24(28)25-18-10-6-4-5-7-11-18/h8-9,12-13,16-18H,4-7,10-11,14-15H2,1-3H3,(H,25,28). The second-order valence-corrected chi connectivity index (χ2v) is 8.55. The summed E-state index contributed by atoms with van der Waals surface area (Å²) >= 11 is 0. The van der Waals surface area contributed by atoms with Gasteiger partial charge in [-0.1, -0.05) is 43.9 Å². The van der Waals surface area contributed by atoms with E-state index in [0.29, 0.717) is 25.2 Å². The summed E-state index contributed by atoms with van der Waals surface area (Å²) in [5, 5.41) is 4.52. The molecule has 1 aliphatic carbocycles. The molecule has 5 nitrogen and oxygen atoms in total. The van der Waals surface area contributed by atoms with Gasteiger partial charge in [0.05, 0.1) is 23.2 Å². The third kappa shape index (κ3) is 3.80. The number of ether oxygens (including phenoxy) is 1. The van der Waals surface area contributed by atoms with Gasteiger partial charge in [-0.05, 0) is 38.8 Å². The first kappa shape index (κ1) is 20.0. The summed E-state index contributed by atoms with van der Waals surface area (Å²) < 4.78 is 9.87. The van der Waals surface area contributed by atoms with Crippen LogP contribution in [0.25, 0.3) is 21.9 Å². The summed E-state index contributed by atoms with van der Waals surface area (Å²) in [6.45, 7) is 5.64. The number of benzene rings is 1. The molecule has 0 spiro atoms. The lowest BCUT2D eigenvalue weighted by Gasteiger charge is -2.17. The maximum absolute atomic E-state index is 13.3. The Morgan fingerprint density at radius 1 is 1.14 bits per heavy atom. The van der Waals surface area contributed by atoms with Crippen LogP contribution in [0.15, 0.2) is 30.3 Å². The van der Waals surface area contributed by atoms with Crippen LogP contribution in [0.4, 0.5) is 0 Å². The molecular weight excluding hydrogens is 362 g/mol. The Labute approximate surface area is 173 Å². The molecule has 3 aromatic rings. The normalized spacial score (nSPS) is 16.0. The van der Waals surface area contributed by atoms with E-state index in [4.69, 9.17) is 4.74 Å². The van der Waals surface area contributed by atoms with Crippen LogP contribution in [0.3, 0.4) is 0 Å². The fraction of sp³-hybridized carbons (Fsp3) is 0.542. The molecule has 29 heavy (non-hydrogen) atoms. The summed E-state index contributed by atoms with van der Waals surface area (Å²) in [6, 6.07) is 11.2. The zero-order chi connectivity index (χ0) is 20.4. The lowest BCUT2D eigenvalue weighted by molar-refractivity contribution is 0.0922. The van der Waals surface area contributed by atoms with Crippen molar-refractivity contribution >= 4 is 27.8 Å². The Balaban J connectivity index is 1.80. The van der Waals surface area contributed by atoms with Gasteiger partial charge in [-0.3, -0.25) is 4.79 Å². The number of carbonyl (C=O) groups is 1. The van der Waals surface area contributed by atoms with Crippen molar-refractivity contribution in [2.45, 2.75) is 71.0 Å². The third-order valence-electron chi connectivity index (χ3n) is 6.21. The van der Waals surface area contributed by atoms with Gasteiger partial charge in [0, 0.05) is 31.1 Å². The van der Waals surface area contributed by atoms with Gasteiger partial charge < -0.3 is 19.2 Å². The molecule has 1 saturated carbocycles. The zero-order valence-electron chi connectivity index (χ0n) is 17.9. The SMILES string of the molecule is COCCn1c(C(=O)NC2CCCCCC2)cc2c1c1ccccc1n2C(C)C. The number of hydrogen-bond donors (Lipinski definition) is 1. The van der Waals surface area contributed by atoms with Crippen molar-refractivity contribution in [2.24, 2.45) is 0 Å². The monoisotopic (exact) mass is 395 g/mol. The summed E-state index contributed by atoms with van der Waals surface area (Å²) in [6.07, 6.45) is 7.16. The van der Waals surface area contributed by atoms with E-state index in [1.165, 1.54) is 36.6 Å². The summed E-state index contributed by atoms with van der Waals surface area (Å²) in [5.41, 5.74) is 4.23. The first-order valence-corrected chi connectivity index (χ1v) is 11.0. The van der Waals surface area contributed by atoms with E-state index in [1.54, 1.807) is 7.11 Å². The fourth-order valence-electron chi connectivity index (χ4n) is 4.86. The van der Waals surface area contributed by atoms with Crippen LogP contribution in [0, 0.1) is 0 Å². The number of methoxy groups -OCH3 is 1. The van der Waals surface area contributed by atoms with Gasteiger partial charge in [0.15, 0.2) is 0 Å². The van der Waals surface area contributed by atoms with Gasteiger partial charge in [0.1, 0.15) is 5.69 Å². The number of rotatable bonds is 6. The topological polar surface area (TPSA) is 48.2 Å². The molecule has 0 aliphatic heterocycles. The Kier molecular flexibility index (Phi) is 5.95. The highest BCUT2D eigenvalue weighted by molar-refractivity contribution is 6.10. The highest BCUT2D eigenvalue weighted by atomic mass is 16.5. The van der Waals surface area contributed by atoms with Gasteiger partial charge >= 0.3 is 0 Å². The van der Waals surface area contributed by atoms with Crippen LogP contribution in [0.1, 0.15) is 68.9 Å². The van der Waals surface area contributed by atoms with Crippen molar-refractivity contribution in [2.75, 3.05) is 13.7 Å². The molecule has 2 aromatic heterocycles. The predicted molar refractivity (Wildman–Crippen MR) is 119 cm³/mol.